The zero-order chi connectivity index (χ0) is 52.7. The zero-order valence-electron chi connectivity index (χ0n) is 48.9. The minimum Gasteiger partial charge on any atom is -0.387 e. The van der Waals surface area contributed by atoms with Gasteiger partial charge in [0.1, 0.15) is 13.2 Å². The third kappa shape index (κ3) is 56.7. The first-order valence-corrected chi connectivity index (χ1v) is 33.2. The van der Waals surface area contributed by atoms with Crippen LogP contribution in [0.2, 0.25) is 0 Å². The number of hydrogen-bond donors (Lipinski definition) is 3. The minimum absolute atomic E-state index is 0.0581. The van der Waals surface area contributed by atoms with Gasteiger partial charge in [0.2, 0.25) is 5.91 Å². The molecule has 8 nitrogen and oxygen atoms in total. The van der Waals surface area contributed by atoms with Gasteiger partial charge >= 0.3 is 7.82 Å². The second kappa shape index (κ2) is 54.8. The highest BCUT2D eigenvalue weighted by Gasteiger charge is 2.27. The van der Waals surface area contributed by atoms with E-state index in [1.165, 1.54) is 263 Å². The molecule has 0 fully saturated rings. The van der Waals surface area contributed by atoms with Gasteiger partial charge in [0.05, 0.1) is 39.9 Å². The van der Waals surface area contributed by atoms with E-state index >= 15 is 0 Å². The molecule has 0 saturated carbocycles. The van der Waals surface area contributed by atoms with E-state index < -0.39 is 20.0 Å². The molecule has 0 heterocycles. The minimum atomic E-state index is -4.34. The monoisotopic (exact) mass is 1040 g/mol. The molecule has 9 heteroatoms. The number of likely N-dealkylation sites (N-methyl/N-ethyl adjacent to an activating group) is 1. The van der Waals surface area contributed by atoms with Crippen molar-refractivity contribution >= 4 is 13.7 Å². The standard InChI is InChI=1S/C63H125N2O6P/c1-6-8-10-12-14-16-17-18-19-20-21-22-23-24-25-26-27-28-29-30-31-32-33-34-35-36-37-38-39-40-41-42-43-44-45-46-47-49-51-53-55-57-63(67)64-61(60-71-72(68,69)70-59-58-65(3,4)5)62(66)56-54-52-50-48-15-13-11-9-7-2/h15,48,54,56,61-62,66H,6-14,16-47,49-53,55,57-60H2,1-5H3,(H-,64,67,68,69)/p+1/b48-15+,56-54+. The molecule has 0 rings (SSSR count). The van der Waals surface area contributed by atoms with Gasteiger partial charge in [-0.3, -0.25) is 13.8 Å². The SMILES string of the molecule is CCCCC/C=C/CC/C=C/C(O)C(COP(=O)(O)OCC[N+](C)(C)C)NC(=O)CCCCCCCCCCCCCCCCCCCCCCCCCCCCCCCCCCCCCCCCCCC. The van der Waals surface area contributed by atoms with Crippen molar-refractivity contribution in [1.29, 1.82) is 0 Å². The molecule has 3 atom stereocenters. The molecule has 0 bridgehead atoms. The Hall–Kier alpha value is -1.02. The van der Waals surface area contributed by atoms with Crippen LogP contribution in [-0.4, -0.2) is 73.4 Å². The maximum atomic E-state index is 12.9. The van der Waals surface area contributed by atoms with Crippen LogP contribution in [0.5, 0.6) is 0 Å². The number of phosphoric acid groups is 1. The molecular weight excluding hydrogens is 912 g/mol. The van der Waals surface area contributed by atoms with E-state index in [1.54, 1.807) is 6.08 Å². The number of nitrogens with zero attached hydrogens (tertiary/aromatic N) is 1. The van der Waals surface area contributed by atoms with Gasteiger partial charge in [-0.05, 0) is 32.1 Å². The van der Waals surface area contributed by atoms with E-state index in [-0.39, 0.29) is 19.1 Å². The molecule has 0 aromatic heterocycles. The number of carbonyl (C=O) groups is 1. The summed E-state index contributed by atoms with van der Waals surface area (Å²) in [5.41, 5.74) is 0. The quantitative estimate of drug-likeness (QED) is 0.0243. The van der Waals surface area contributed by atoms with Crippen LogP contribution >= 0.6 is 7.82 Å². The Morgan fingerprint density at radius 1 is 0.458 bits per heavy atom. The Bertz CT molecular complexity index is 1220. The van der Waals surface area contributed by atoms with Crippen molar-refractivity contribution in [2.24, 2.45) is 0 Å². The van der Waals surface area contributed by atoms with Crippen molar-refractivity contribution in [1.82, 2.24) is 5.32 Å². The molecule has 3 N–H and O–H groups in total. The lowest BCUT2D eigenvalue weighted by Gasteiger charge is -2.25. The van der Waals surface area contributed by atoms with Gasteiger partial charge in [0, 0.05) is 6.42 Å². The smallest absolute Gasteiger partial charge is 0.387 e. The van der Waals surface area contributed by atoms with Crippen molar-refractivity contribution < 1.29 is 32.9 Å². The van der Waals surface area contributed by atoms with Crippen LogP contribution in [0.4, 0.5) is 0 Å². The fourth-order valence-corrected chi connectivity index (χ4v) is 10.4. The summed E-state index contributed by atoms with van der Waals surface area (Å²) >= 11 is 0. The Labute approximate surface area is 449 Å². The van der Waals surface area contributed by atoms with E-state index in [1.807, 2.05) is 27.2 Å². The van der Waals surface area contributed by atoms with Crippen LogP contribution in [0.1, 0.15) is 322 Å². The number of phosphoric ester groups is 1. The number of quaternary nitrogens is 1. The highest BCUT2D eigenvalue weighted by atomic mass is 31.2. The van der Waals surface area contributed by atoms with Crippen LogP contribution in [0.15, 0.2) is 24.3 Å². The number of nitrogens with one attached hydrogen (secondary N) is 1. The summed E-state index contributed by atoms with van der Waals surface area (Å²) in [6, 6.07) is -0.858. The first-order valence-electron chi connectivity index (χ1n) is 31.7. The Kier molecular flexibility index (Phi) is 54.0. The van der Waals surface area contributed by atoms with Gasteiger partial charge in [-0.2, -0.15) is 0 Å². The predicted molar refractivity (Wildman–Crippen MR) is 314 cm³/mol. The number of hydrogen-bond acceptors (Lipinski definition) is 5. The molecule has 72 heavy (non-hydrogen) atoms. The second-order valence-corrected chi connectivity index (χ2v) is 24.6. The number of aliphatic hydroxyl groups excluding tert-OH is 1. The van der Waals surface area contributed by atoms with Crippen molar-refractivity contribution in [3.63, 3.8) is 0 Å². The number of carbonyl (C=O) groups excluding carboxylic acids is 1. The summed E-state index contributed by atoms with van der Waals surface area (Å²) in [4.78, 5) is 23.2. The normalized spacial score (nSPS) is 13.9. The molecule has 0 aromatic rings. The molecule has 0 saturated heterocycles. The van der Waals surface area contributed by atoms with Crippen molar-refractivity contribution in [3.05, 3.63) is 24.3 Å². The van der Waals surface area contributed by atoms with E-state index in [4.69, 9.17) is 9.05 Å². The maximum absolute atomic E-state index is 12.9. The fourth-order valence-electron chi connectivity index (χ4n) is 9.71. The number of unbranched alkanes of at least 4 members (excludes halogenated alkanes) is 44. The van der Waals surface area contributed by atoms with Crippen molar-refractivity contribution in [2.75, 3.05) is 40.9 Å². The summed E-state index contributed by atoms with van der Waals surface area (Å²) < 4.78 is 23.6. The average molecular weight is 1040 g/mol. The maximum Gasteiger partial charge on any atom is 0.472 e. The van der Waals surface area contributed by atoms with E-state index in [9.17, 15) is 19.4 Å². The lowest BCUT2D eigenvalue weighted by atomic mass is 10.0. The molecule has 0 aromatic carbocycles. The van der Waals surface area contributed by atoms with Crippen LogP contribution in [0.25, 0.3) is 0 Å². The molecule has 428 valence electrons. The summed E-state index contributed by atoms with van der Waals surface area (Å²) in [5, 5.41) is 13.8. The average Bonchev–Trinajstić information content (AvgIpc) is 3.34. The Morgan fingerprint density at radius 2 is 0.764 bits per heavy atom. The van der Waals surface area contributed by atoms with Gasteiger partial charge in [0.15, 0.2) is 0 Å². The molecule has 0 spiro atoms. The molecule has 0 aliphatic rings. The molecule has 1 amide bonds. The number of rotatable bonds is 59. The molecule has 0 radical (unpaired) electrons. The summed E-state index contributed by atoms with van der Waals surface area (Å²) in [6.45, 7) is 4.77. The third-order valence-corrected chi connectivity index (χ3v) is 15.7. The summed E-state index contributed by atoms with van der Waals surface area (Å²) in [7, 11) is 1.56. The molecule has 0 aliphatic heterocycles. The lowest BCUT2D eigenvalue weighted by molar-refractivity contribution is -0.870. The van der Waals surface area contributed by atoms with Crippen LogP contribution in [-0.2, 0) is 18.4 Å². The number of allylic oxidation sites excluding steroid dienone is 3. The van der Waals surface area contributed by atoms with Crippen LogP contribution < -0.4 is 5.32 Å². The highest BCUT2D eigenvalue weighted by molar-refractivity contribution is 7.47. The number of amides is 1. The topological polar surface area (TPSA) is 105 Å². The van der Waals surface area contributed by atoms with E-state index in [0.29, 0.717) is 17.4 Å². The summed E-state index contributed by atoms with van der Waals surface area (Å²) in [6.07, 6.45) is 70.8. The Morgan fingerprint density at radius 3 is 1.11 bits per heavy atom. The van der Waals surface area contributed by atoms with E-state index in [2.05, 4.69) is 31.3 Å². The molecule has 0 aliphatic carbocycles. The lowest BCUT2D eigenvalue weighted by Crippen LogP contribution is -2.45. The first-order chi connectivity index (χ1) is 35.0. The van der Waals surface area contributed by atoms with Crippen molar-refractivity contribution in [3.8, 4) is 0 Å². The van der Waals surface area contributed by atoms with Gasteiger partial charge in [-0.15, -0.1) is 0 Å². The fraction of sp³-hybridized carbons (Fsp3) is 0.921. The predicted octanol–water partition coefficient (Wildman–Crippen LogP) is 19.5. The molecular formula is C63H126N2O6P+. The summed E-state index contributed by atoms with van der Waals surface area (Å²) in [5.74, 6) is -0.184. The van der Waals surface area contributed by atoms with E-state index in [0.717, 1.165) is 38.5 Å². The van der Waals surface area contributed by atoms with Crippen molar-refractivity contribution in [2.45, 2.75) is 334 Å². The third-order valence-electron chi connectivity index (χ3n) is 14.7. The van der Waals surface area contributed by atoms with Gasteiger partial charge < -0.3 is 19.8 Å². The van der Waals surface area contributed by atoms with Gasteiger partial charge in [0.25, 0.3) is 0 Å². The molecule has 3 unspecified atom stereocenters. The number of aliphatic hydroxyl groups is 1. The zero-order valence-corrected chi connectivity index (χ0v) is 49.8. The van der Waals surface area contributed by atoms with Crippen LogP contribution in [0.3, 0.4) is 0 Å². The Balaban J connectivity index is 3.72. The first kappa shape index (κ1) is 71.0. The second-order valence-electron chi connectivity index (χ2n) is 23.1. The van der Waals surface area contributed by atoms with Gasteiger partial charge in [-0.1, -0.05) is 308 Å². The largest absolute Gasteiger partial charge is 0.472 e. The van der Waals surface area contributed by atoms with Crippen LogP contribution in [0, 0.1) is 0 Å². The highest BCUT2D eigenvalue weighted by Crippen LogP contribution is 2.43. The van der Waals surface area contributed by atoms with Gasteiger partial charge in [-0.25, -0.2) is 4.57 Å².